The maximum absolute atomic E-state index is 13.6. The molecule has 0 aromatic heterocycles. The van der Waals surface area contributed by atoms with Crippen molar-refractivity contribution in [2.45, 2.75) is 19.4 Å². The van der Waals surface area contributed by atoms with Crippen molar-refractivity contribution in [3.8, 4) is 0 Å². The zero-order valence-corrected chi connectivity index (χ0v) is 11.0. The highest BCUT2D eigenvalue weighted by atomic mass is 19.1. The van der Waals surface area contributed by atoms with Gasteiger partial charge in [-0.1, -0.05) is 0 Å². The molecule has 18 heavy (non-hydrogen) atoms. The summed E-state index contributed by atoms with van der Waals surface area (Å²) < 4.78 is 13.6. The number of hydrogen-bond donors (Lipinski definition) is 1. The van der Waals surface area contributed by atoms with Crippen LogP contribution in [-0.2, 0) is 0 Å². The van der Waals surface area contributed by atoms with E-state index in [4.69, 9.17) is 0 Å². The van der Waals surface area contributed by atoms with Gasteiger partial charge >= 0.3 is 0 Å². The van der Waals surface area contributed by atoms with Crippen LogP contribution in [-0.4, -0.2) is 36.0 Å². The van der Waals surface area contributed by atoms with Gasteiger partial charge in [0.15, 0.2) is 5.82 Å². The Kier molecular flexibility index (Phi) is 4.24. The summed E-state index contributed by atoms with van der Waals surface area (Å²) in [4.78, 5) is 11.9. The van der Waals surface area contributed by atoms with Crippen LogP contribution in [0.1, 0.15) is 13.8 Å². The SMILES string of the molecule is CN(C)C(C)(C)CNc1ccc([N+](=O)[O-])cc1F. The number of nitro benzene ring substituents is 1. The summed E-state index contributed by atoms with van der Waals surface area (Å²) in [6.45, 7) is 4.57. The third-order valence-electron chi connectivity index (χ3n) is 3.09. The number of nitrogens with one attached hydrogen (secondary N) is 1. The molecule has 0 heterocycles. The van der Waals surface area contributed by atoms with Crippen molar-refractivity contribution < 1.29 is 9.31 Å². The van der Waals surface area contributed by atoms with Gasteiger partial charge in [0.1, 0.15) is 0 Å². The third kappa shape index (κ3) is 3.40. The standard InChI is InChI=1S/C12H18FN3O2/c1-12(2,15(3)4)8-14-11-6-5-9(16(17)18)7-10(11)13/h5-7,14H,8H2,1-4H3. The predicted octanol–water partition coefficient (Wildman–Crippen LogP) is 2.49. The van der Waals surface area contributed by atoms with Gasteiger partial charge in [-0.05, 0) is 34.0 Å². The highest BCUT2D eigenvalue weighted by Gasteiger charge is 2.20. The van der Waals surface area contributed by atoms with E-state index in [-0.39, 0.29) is 16.9 Å². The minimum Gasteiger partial charge on any atom is -0.381 e. The zero-order chi connectivity index (χ0) is 13.9. The normalized spacial score (nSPS) is 11.7. The summed E-state index contributed by atoms with van der Waals surface area (Å²) in [5.74, 6) is -0.612. The first-order chi connectivity index (χ1) is 8.24. The number of rotatable bonds is 5. The van der Waals surface area contributed by atoms with Crippen LogP contribution in [0.2, 0.25) is 0 Å². The molecule has 100 valence electrons. The van der Waals surface area contributed by atoms with E-state index < -0.39 is 10.7 Å². The Balaban J connectivity index is 2.78. The summed E-state index contributed by atoms with van der Waals surface area (Å²) >= 11 is 0. The van der Waals surface area contributed by atoms with Crippen molar-refractivity contribution in [3.63, 3.8) is 0 Å². The molecule has 0 radical (unpaired) electrons. The number of nitro groups is 1. The lowest BCUT2D eigenvalue weighted by Crippen LogP contribution is -2.44. The number of non-ortho nitro benzene ring substituents is 1. The highest BCUT2D eigenvalue weighted by molar-refractivity contribution is 5.50. The Morgan fingerprint density at radius 2 is 2.06 bits per heavy atom. The van der Waals surface area contributed by atoms with Crippen LogP contribution in [0, 0.1) is 15.9 Å². The number of anilines is 1. The topological polar surface area (TPSA) is 58.4 Å². The Bertz CT molecular complexity index is 447. The van der Waals surface area contributed by atoms with E-state index in [0.29, 0.717) is 6.54 Å². The van der Waals surface area contributed by atoms with Crippen LogP contribution in [0.4, 0.5) is 15.8 Å². The first-order valence-corrected chi connectivity index (χ1v) is 5.59. The number of hydrogen-bond acceptors (Lipinski definition) is 4. The summed E-state index contributed by atoms with van der Waals surface area (Å²) in [6, 6.07) is 3.60. The second kappa shape index (κ2) is 5.30. The third-order valence-corrected chi connectivity index (χ3v) is 3.09. The molecule has 0 atom stereocenters. The second-order valence-electron chi connectivity index (χ2n) is 4.98. The van der Waals surface area contributed by atoms with Gasteiger partial charge in [-0.25, -0.2) is 4.39 Å². The first kappa shape index (κ1) is 14.4. The fraction of sp³-hybridized carbons (Fsp3) is 0.500. The zero-order valence-electron chi connectivity index (χ0n) is 11.0. The van der Waals surface area contributed by atoms with Gasteiger partial charge in [0.25, 0.3) is 5.69 Å². The van der Waals surface area contributed by atoms with Gasteiger partial charge in [0.05, 0.1) is 16.7 Å². The van der Waals surface area contributed by atoms with E-state index in [2.05, 4.69) is 5.32 Å². The molecule has 0 fully saturated rings. The lowest BCUT2D eigenvalue weighted by atomic mass is 10.0. The van der Waals surface area contributed by atoms with Crippen molar-refractivity contribution >= 4 is 11.4 Å². The van der Waals surface area contributed by atoms with Crippen LogP contribution in [0.5, 0.6) is 0 Å². The molecular weight excluding hydrogens is 237 g/mol. The van der Waals surface area contributed by atoms with Crippen molar-refractivity contribution in [1.82, 2.24) is 4.90 Å². The average Bonchev–Trinajstić information content (AvgIpc) is 2.26. The first-order valence-electron chi connectivity index (χ1n) is 5.59. The summed E-state index contributed by atoms with van der Waals surface area (Å²) in [7, 11) is 3.88. The van der Waals surface area contributed by atoms with Crippen LogP contribution in [0.15, 0.2) is 18.2 Å². The van der Waals surface area contributed by atoms with Gasteiger partial charge in [-0.3, -0.25) is 10.1 Å². The minimum atomic E-state index is -0.614. The Labute approximate surface area is 106 Å². The average molecular weight is 255 g/mol. The molecule has 1 aromatic rings. The number of nitrogens with zero attached hydrogens (tertiary/aromatic N) is 2. The number of halogens is 1. The van der Waals surface area contributed by atoms with Gasteiger partial charge in [-0.15, -0.1) is 0 Å². The Morgan fingerprint density at radius 1 is 1.44 bits per heavy atom. The molecular formula is C12H18FN3O2. The van der Waals surface area contributed by atoms with Crippen LogP contribution >= 0.6 is 0 Å². The maximum atomic E-state index is 13.6. The monoisotopic (exact) mass is 255 g/mol. The molecule has 0 spiro atoms. The van der Waals surface area contributed by atoms with Crippen LogP contribution in [0.25, 0.3) is 0 Å². The Hall–Kier alpha value is -1.69. The second-order valence-corrected chi connectivity index (χ2v) is 4.98. The maximum Gasteiger partial charge on any atom is 0.272 e. The predicted molar refractivity (Wildman–Crippen MR) is 69.3 cm³/mol. The molecule has 0 aliphatic rings. The summed E-state index contributed by atoms with van der Waals surface area (Å²) in [5, 5.41) is 13.4. The largest absolute Gasteiger partial charge is 0.381 e. The summed E-state index contributed by atoms with van der Waals surface area (Å²) in [5.41, 5.74) is -0.116. The van der Waals surface area contributed by atoms with E-state index in [1.807, 2.05) is 32.8 Å². The van der Waals surface area contributed by atoms with Crippen molar-refractivity contribution in [2.24, 2.45) is 0 Å². The van der Waals surface area contributed by atoms with Gasteiger partial charge in [-0.2, -0.15) is 0 Å². The van der Waals surface area contributed by atoms with E-state index in [1.165, 1.54) is 12.1 Å². The lowest BCUT2D eigenvalue weighted by molar-refractivity contribution is -0.385. The molecule has 0 aliphatic heterocycles. The van der Waals surface area contributed by atoms with Crippen molar-refractivity contribution in [3.05, 3.63) is 34.1 Å². The molecule has 1 rings (SSSR count). The molecule has 5 nitrogen and oxygen atoms in total. The fourth-order valence-electron chi connectivity index (χ4n) is 1.23. The smallest absolute Gasteiger partial charge is 0.272 e. The van der Waals surface area contributed by atoms with E-state index in [0.717, 1.165) is 6.07 Å². The lowest BCUT2D eigenvalue weighted by Gasteiger charge is -2.33. The molecule has 6 heteroatoms. The molecule has 1 N–H and O–H groups in total. The van der Waals surface area contributed by atoms with Gasteiger partial charge < -0.3 is 10.2 Å². The highest BCUT2D eigenvalue weighted by Crippen LogP contribution is 2.21. The van der Waals surface area contributed by atoms with Crippen molar-refractivity contribution in [1.29, 1.82) is 0 Å². The minimum absolute atomic E-state index is 0.145. The number of benzene rings is 1. The van der Waals surface area contributed by atoms with Gasteiger partial charge in [0.2, 0.25) is 0 Å². The van der Waals surface area contributed by atoms with E-state index >= 15 is 0 Å². The van der Waals surface area contributed by atoms with Crippen molar-refractivity contribution in [2.75, 3.05) is 26.0 Å². The Morgan fingerprint density at radius 3 is 2.50 bits per heavy atom. The van der Waals surface area contributed by atoms with Crippen LogP contribution < -0.4 is 5.32 Å². The molecule has 0 saturated heterocycles. The van der Waals surface area contributed by atoms with Crippen LogP contribution in [0.3, 0.4) is 0 Å². The molecule has 0 saturated carbocycles. The van der Waals surface area contributed by atoms with Gasteiger partial charge in [0, 0.05) is 18.2 Å². The molecule has 0 aliphatic carbocycles. The molecule has 0 amide bonds. The quantitative estimate of drug-likeness (QED) is 0.648. The molecule has 0 bridgehead atoms. The summed E-state index contributed by atoms with van der Waals surface area (Å²) in [6.07, 6.45) is 0. The van der Waals surface area contributed by atoms with E-state index in [1.54, 1.807) is 0 Å². The number of likely N-dealkylation sites (N-methyl/N-ethyl adjacent to an activating group) is 1. The fourth-order valence-corrected chi connectivity index (χ4v) is 1.23. The van der Waals surface area contributed by atoms with E-state index in [9.17, 15) is 14.5 Å². The molecule has 0 unspecified atom stereocenters. The molecule has 1 aromatic carbocycles.